The first-order chi connectivity index (χ1) is 18.3. The summed E-state index contributed by atoms with van der Waals surface area (Å²) in [5.74, 6) is -0.806. The Kier molecular flexibility index (Phi) is 7.91. The van der Waals surface area contributed by atoms with Crippen molar-refractivity contribution in [3.05, 3.63) is 75.5 Å². The number of hydrazine groups is 1. The van der Waals surface area contributed by atoms with Gasteiger partial charge in [-0.2, -0.15) is 0 Å². The third-order valence-electron chi connectivity index (χ3n) is 7.62. The summed E-state index contributed by atoms with van der Waals surface area (Å²) in [4.78, 5) is 30.1. The highest BCUT2D eigenvalue weighted by molar-refractivity contribution is 8.00. The van der Waals surface area contributed by atoms with E-state index >= 15 is 4.79 Å². The van der Waals surface area contributed by atoms with Crippen molar-refractivity contribution in [2.75, 3.05) is 33.2 Å². The molecule has 3 heterocycles. The Labute approximate surface area is 234 Å². The molecule has 0 aliphatic carbocycles. The molecule has 3 N–H and O–H groups in total. The van der Waals surface area contributed by atoms with Crippen LogP contribution in [0, 0.1) is 5.82 Å². The molecule has 0 spiro atoms. The molecule has 5 rings (SSSR count). The molecule has 2 aromatic rings. The molecule has 3 aliphatic rings. The van der Waals surface area contributed by atoms with E-state index in [2.05, 4.69) is 16.1 Å². The highest BCUT2D eigenvalue weighted by Gasteiger charge is 2.62. The van der Waals surface area contributed by atoms with Crippen molar-refractivity contribution in [2.24, 2.45) is 0 Å². The number of nitrogens with one attached hydrogen (secondary N) is 3. The molecular weight excluding hydrogens is 552 g/mol. The van der Waals surface area contributed by atoms with Crippen LogP contribution in [0.5, 0.6) is 5.75 Å². The Morgan fingerprint density at radius 3 is 2.50 bits per heavy atom. The van der Waals surface area contributed by atoms with Gasteiger partial charge in [-0.15, -0.1) is 4.41 Å². The van der Waals surface area contributed by atoms with Gasteiger partial charge in [0, 0.05) is 37.7 Å². The van der Waals surface area contributed by atoms with Crippen molar-refractivity contribution < 1.29 is 18.7 Å². The van der Waals surface area contributed by atoms with Gasteiger partial charge in [-0.05, 0) is 79.8 Å². The van der Waals surface area contributed by atoms with Crippen LogP contribution in [0.1, 0.15) is 24.3 Å². The fourth-order valence-corrected chi connectivity index (χ4v) is 6.75. The number of ether oxygens (including phenoxy) is 1. The number of nitrogens with zero attached hydrogens (tertiary/aromatic N) is 2. The van der Waals surface area contributed by atoms with Crippen LogP contribution in [-0.4, -0.2) is 65.5 Å². The lowest BCUT2D eigenvalue weighted by molar-refractivity contribution is -0.141. The van der Waals surface area contributed by atoms with Crippen molar-refractivity contribution in [1.82, 2.24) is 25.4 Å². The Morgan fingerprint density at radius 2 is 1.84 bits per heavy atom. The summed E-state index contributed by atoms with van der Waals surface area (Å²) in [5, 5.41) is 9.36. The largest absolute Gasteiger partial charge is 0.415 e. The first kappa shape index (κ1) is 27.2. The fourth-order valence-electron chi connectivity index (χ4n) is 5.61. The molecule has 202 valence electrons. The van der Waals surface area contributed by atoms with E-state index < -0.39 is 28.9 Å². The summed E-state index contributed by atoms with van der Waals surface area (Å²) < 4.78 is 21.0. The van der Waals surface area contributed by atoms with Crippen LogP contribution in [0.15, 0.2) is 54.1 Å². The Hall–Kier alpha value is -2.34. The van der Waals surface area contributed by atoms with E-state index in [1.807, 2.05) is 15.9 Å². The molecule has 12 heteroatoms. The average molecular weight is 581 g/mol. The molecular formula is C26H28Cl2FN5O3S. The molecule has 0 radical (unpaired) electrons. The smallest absolute Gasteiger partial charge is 0.410 e. The predicted molar refractivity (Wildman–Crippen MR) is 147 cm³/mol. The van der Waals surface area contributed by atoms with Gasteiger partial charge in [-0.25, -0.2) is 9.18 Å². The number of ketones is 1. The van der Waals surface area contributed by atoms with Crippen LogP contribution in [0.2, 0.25) is 10.0 Å². The molecule has 2 aromatic carbocycles. The number of benzene rings is 2. The zero-order chi connectivity index (χ0) is 26.9. The summed E-state index contributed by atoms with van der Waals surface area (Å²) in [6, 6.07) is 10.5. The lowest BCUT2D eigenvalue weighted by Crippen LogP contribution is -2.71. The van der Waals surface area contributed by atoms with Gasteiger partial charge in [0.25, 0.3) is 0 Å². The number of carbonyl (C=O) groups excluding carboxylic acids is 2. The molecule has 2 atom stereocenters. The third-order valence-corrected chi connectivity index (χ3v) is 9.28. The number of rotatable bonds is 6. The van der Waals surface area contributed by atoms with Crippen molar-refractivity contribution in [2.45, 2.75) is 29.8 Å². The van der Waals surface area contributed by atoms with E-state index in [0.717, 1.165) is 5.56 Å². The van der Waals surface area contributed by atoms with Gasteiger partial charge in [0.05, 0.1) is 10.0 Å². The molecule has 0 aromatic heterocycles. The molecule has 0 saturated carbocycles. The molecule has 2 fully saturated rings. The predicted octanol–water partition coefficient (Wildman–Crippen LogP) is 4.32. The minimum atomic E-state index is -1.32. The number of likely N-dealkylation sites (N-methyl/N-ethyl adjacent to an activating group) is 1. The summed E-state index contributed by atoms with van der Waals surface area (Å²) >= 11 is 14.0. The summed E-state index contributed by atoms with van der Waals surface area (Å²) in [7, 11) is 1.58. The first-order valence-corrected chi connectivity index (χ1v) is 13.9. The molecule has 3 aliphatic heterocycles. The topological polar surface area (TPSA) is 85.9 Å². The van der Waals surface area contributed by atoms with E-state index in [9.17, 15) is 9.18 Å². The fraction of sp³-hybridized carbons (Fsp3) is 0.385. The molecule has 2 saturated heterocycles. The number of Topliss-reactive ketones (excluding diaryl/α,β-unsaturated/α-hetero) is 1. The van der Waals surface area contributed by atoms with Crippen LogP contribution >= 0.6 is 35.1 Å². The summed E-state index contributed by atoms with van der Waals surface area (Å²) in [5.41, 5.74) is 1.76. The van der Waals surface area contributed by atoms with Gasteiger partial charge in [0.15, 0.2) is 5.78 Å². The quantitative estimate of drug-likeness (QED) is 0.436. The van der Waals surface area contributed by atoms with Crippen LogP contribution in [0.3, 0.4) is 0 Å². The number of piperidine rings is 1. The van der Waals surface area contributed by atoms with Crippen LogP contribution in [0.4, 0.5) is 9.18 Å². The second-order valence-electron chi connectivity index (χ2n) is 9.60. The van der Waals surface area contributed by atoms with Gasteiger partial charge in [0.2, 0.25) is 0 Å². The van der Waals surface area contributed by atoms with E-state index in [-0.39, 0.29) is 18.1 Å². The number of carbonyl (C=O) groups is 2. The maximum Gasteiger partial charge on any atom is 0.415 e. The Balaban J connectivity index is 1.59. The number of amides is 1. The van der Waals surface area contributed by atoms with Gasteiger partial charge >= 0.3 is 6.09 Å². The zero-order valence-corrected chi connectivity index (χ0v) is 23.0. The van der Waals surface area contributed by atoms with E-state index in [4.69, 9.17) is 27.9 Å². The standard InChI is InChI=1S/C26H28Cl2FN5O3S/c1-33(24(36)37-19-5-3-18(29)4-6-19)26(16-31-15-20(26)17-2-7-21(27)22(28)14-17)23(35)25(8-10-30-11-9-25)34-32-12-13-38-34/h2-7,12-14,20,30-32H,8-11,15-16H2,1H3/t20-,26+/m1/s1. The van der Waals surface area contributed by atoms with E-state index in [1.54, 1.807) is 25.4 Å². The minimum absolute atomic E-state index is 0.102. The van der Waals surface area contributed by atoms with E-state index in [0.29, 0.717) is 42.5 Å². The normalized spacial score (nSPS) is 24.7. The molecule has 0 unspecified atom stereocenters. The molecule has 1 amide bonds. The number of hydrogen-bond donors (Lipinski definition) is 3. The highest BCUT2D eigenvalue weighted by Crippen LogP contribution is 2.46. The minimum Gasteiger partial charge on any atom is -0.410 e. The van der Waals surface area contributed by atoms with Crippen LogP contribution < -0.4 is 20.8 Å². The summed E-state index contributed by atoms with van der Waals surface area (Å²) in [6.07, 6.45) is 2.17. The van der Waals surface area contributed by atoms with Crippen molar-refractivity contribution in [3.8, 4) is 5.75 Å². The van der Waals surface area contributed by atoms with Gasteiger partial charge < -0.3 is 20.8 Å². The number of hydrogen-bond acceptors (Lipinski definition) is 8. The molecule has 8 nitrogen and oxygen atoms in total. The average Bonchev–Trinajstić information content (AvgIpc) is 3.63. The van der Waals surface area contributed by atoms with Crippen LogP contribution in [0.25, 0.3) is 0 Å². The van der Waals surface area contributed by atoms with Gasteiger partial charge in [-0.3, -0.25) is 9.69 Å². The molecule has 38 heavy (non-hydrogen) atoms. The van der Waals surface area contributed by atoms with Crippen LogP contribution in [-0.2, 0) is 4.79 Å². The number of halogens is 3. The Morgan fingerprint density at radius 1 is 1.11 bits per heavy atom. The maximum absolute atomic E-state index is 15.1. The second kappa shape index (κ2) is 11.0. The van der Waals surface area contributed by atoms with Crippen molar-refractivity contribution in [1.29, 1.82) is 0 Å². The van der Waals surface area contributed by atoms with Gasteiger partial charge in [0.1, 0.15) is 22.6 Å². The third kappa shape index (κ3) is 4.78. The zero-order valence-electron chi connectivity index (χ0n) is 20.7. The molecule has 0 bridgehead atoms. The lowest BCUT2D eigenvalue weighted by atomic mass is 9.68. The first-order valence-electron chi connectivity index (χ1n) is 12.3. The summed E-state index contributed by atoms with van der Waals surface area (Å²) in [6.45, 7) is 1.95. The Bertz CT molecular complexity index is 1240. The van der Waals surface area contributed by atoms with Crippen molar-refractivity contribution in [3.63, 3.8) is 0 Å². The lowest BCUT2D eigenvalue weighted by Gasteiger charge is -2.50. The second-order valence-corrected chi connectivity index (χ2v) is 11.3. The maximum atomic E-state index is 15.1. The SMILES string of the molecule is CN(C(=O)Oc1ccc(F)cc1)[C@@]1(C(=O)C2(N3NC=CS3)CCNCC2)CNC[C@@H]1c1ccc(Cl)c(Cl)c1. The van der Waals surface area contributed by atoms with E-state index in [1.165, 1.54) is 41.1 Å². The van der Waals surface area contributed by atoms with Gasteiger partial charge in [-0.1, -0.05) is 29.3 Å². The monoisotopic (exact) mass is 579 g/mol. The highest BCUT2D eigenvalue weighted by atomic mass is 35.5. The van der Waals surface area contributed by atoms with Crippen molar-refractivity contribution >= 4 is 47.0 Å².